The number of hydrogen-bond donors (Lipinski definition) is 1. The lowest BCUT2D eigenvalue weighted by molar-refractivity contribution is 0.0974. The molecule has 122 valence electrons. The molecule has 2 rings (SSSR count). The molecular formula is C16H24N2O3S. The fourth-order valence-electron chi connectivity index (χ4n) is 2.76. The summed E-state index contributed by atoms with van der Waals surface area (Å²) in [5.74, 6) is 0.328. The first-order valence-electron chi connectivity index (χ1n) is 7.74. The summed E-state index contributed by atoms with van der Waals surface area (Å²) in [4.78, 5) is 12.1. The summed E-state index contributed by atoms with van der Waals surface area (Å²) >= 11 is 0. The van der Waals surface area contributed by atoms with Crippen LogP contribution in [0.5, 0.6) is 0 Å². The molecule has 1 fully saturated rings. The van der Waals surface area contributed by atoms with Gasteiger partial charge in [0.05, 0.1) is 0 Å². The minimum absolute atomic E-state index is 0.0530. The molecule has 1 saturated heterocycles. The number of carbonyl (C=O) groups is 1. The number of carbonyl (C=O) groups excluding carboxylic acids is 1. The Hall–Kier alpha value is -1.24. The van der Waals surface area contributed by atoms with E-state index in [-0.39, 0.29) is 12.2 Å². The Morgan fingerprint density at radius 3 is 2.68 bits per heavy atom. The van der Waals surface area contributed by atoms with E-state index in [9.17, 15) is 13.2 Å². The average molecular weight is 324 g/mol. The van der Waals surface area contributed by atoms with Crippen LogP contribution in [-0.2, 0) is 10.2 Å². The topological polar surface area (TPSA) is 66.5 Å². The number of nitrogens with one attached hydrogen (secondary N) is 1. The van der Waals surface area contributed by atoms with Crippen LogP contribution in [-0.4, -0.2) is 37.6 Å². The van der Waals surface area contributed by atoms with Crippen LogP contribution in [0.4, 0.5) is 0 Å². The summed E-state index contributed by atoms with van der Waals surface area (Å²) in [5, 5.41) is 0. The average Bonchev–Trinajstić information content (AvgIpc) is 2.47. The van der Waals surface area contributed by atoms with Crippen molar-refractivity contribution in [2.45, 2.75) is 39.2 Å². The molecule has 1 aromatic carbocycles. The van der Waals surface area contributed by atoms with Crippen molar-refractivity contribution in [2.24, 2.45) is 5.92 Å². The van der Waals surface area contributed by atoms with Crippen LogP contribution >= 0.6 is 0 Å². The van der Waals surface area contributed by atoms with Crippen molar-refractivity contribution >= 4 is 16.0 Å². The van der Waals surface area contributed by atoms with Crippen molar-refractivity contribution in [3.8, 4) is 0 Å². The summed E-state index contributed by atoms with van der Waals surface area (Å²) in [6.45, 7) is 4.89. The smallest absolute Gasteiger partial charge is 0.279 e. The van der Waals surface area contributed by atoms with Crippen LogP contribution in [0, 0.1) is 5.92 Å². The normalized spacial score (nSPS) is 21.5. The van der Waals surface area contributed by atoms with E-state index in [0.717, 1.165) is 12.8 Å². The van der Waals surface area contributed by atoms with Gasteiger partial charge >= 0.3 is 0 Å². The highest BCUT2D eigenvalue weighted by atomic mass is 32.2. The Labute approximate surface area is 132 Å². The van der Waals surface area contributed by atoms with Gasteiger partial charge in [0.1, 0.15) is 0 Å². The Balaban J connectivity index is 1.93. The van der Waals surface area contributed by atoms with Crippen molar-refractivity contribution in [1.82, 2.24) is 9.03 Å². The molecule has 6 heteroatoms. The summed E-state index contributed by atoms with van der Waals surface area (Å²) in [6, 6.07) is 8.52. The highest BCUT2D eigenvalue weighted by Crippen LogP contribution is 2.18. The molecule has 0 unspecified atom stereocenters. The highest BCUT2D eigenvalue weighted by molar-refractivity contribution is 7.87. The third-order valence-electron chi connectivity index (χ3n) is 3.90. The molecule has 1 aromatic rings. The van der Waals surface area contributed by atoms with Gasteiger partial charge in [0.2, 0.25) is 0 Å². The molecule has 0 radical (unpaired) electrons. The third kappa shape index (κ3) is 4.63. The predicted octanol–water partition coefficient (Wildman–Crippen LogP) is 2.21. The number of rotatable bonds is 6. The maximum atomic E-state index is 12.4. The summed E-state index contributed by atoms with van der Waals surface area (Å²) < 4.78 is 28.8. The third-order valence-corrected chi connectivity index (χ3v) is 5.61. The number of hydrogen-bond acceptors (Lipinski definition) is 3. The fourth-order valence-corrected chi connectivity index (χ4v) is 4.32. The van der Waals surface area contributed by atoms with Crippen molar-refractivity contribution in [2.75, 3.05) is 13.1 Å². The molecular weight excluding hydrogens is 300 g/mol. The van der Waals surface area contributed by atoms with E-state index < -0.39 is 16.3 Å². The maximum Gasteiger partial charge on any atom is 0.279 e. The molecule has 22 heavy (non-hydrogen) atoms. The molecule has 0 spiro atoms. The van der Waals surface area contributed by atoms with Crippen LogP contribution < -0.4 is 4.72 Å². The minimum Gasteiger partial charge on any atom is -0.294 e. The monoisotopic (exact) mass is 324 g/mol. The lowest BCUT2D eigenvalue weighted by Gasteiger charge is -2.31. The molecule has 0 aromatic heterocycles. The molecule has 2 atom stereocenters. The second-order valence-electron chi connectivity index (χ2n) is 6.12. The van der Waals surface area contributed by atoms with E-state index in [1.54, 1.807) is 31.2 Å². The minimum atomic E-state index is -3.51. The van der Waals surface area contributed by atoms with E-state index in [0.29, 0.717) is 24.6 Å². The molecule has 0 bridgehead atoms. The summed E-state index contributed by atoms with van der Waals surface area (Å²) in [7, 11) is -3.51. The van der Waals surface area contributed by atoms with Crippen LogP contribution in [0.25, 0.3) is 0 Å². The van der Waals surface area contributed by atoms with Crippen molar-refractivity contribution in [1.29, 1.82) is 0 Å². The predicted molar refractivity (Wildman–Crippen MR) is 86.9 cm³/mol. The molecule has 0 aliphatic carbocycles. The lowest BCUT2D eigenvalue weighted by Crippen LogP contribution is -2.48. The lowest BCUT2D eigenvalue weighted by atomic mass is 10.0. The van der Waals surface area contributed by atoms with Crippen molar-refractivity contribution in [3.63, 3.8) is 0 Å². The second-order valence-corrected chi connectivity index (χ2v) is 7.82. The number of ketones is 1. The molecule has 1 aliphatic rings. The zero-order chi connectivity index (χ0) is 16.2. The zero-order valence-corrected chi connectivity index (χ0v) is 14.0. The maximum absolute atomic E-state index is 12.4. The first-order chi connectivity index (χ1) is 10.4. The first kappa shape index (κ1) is 17.1. The van der Waals surface area contributed by atoms with Crippen molar-refractivity contribution in [3.05, 3.63) is 35.9 Å². The fraction of sp³-hybridized carbons (Fsp3) is 0.562. The van der Waals surface area contributed by atoms with Gasteiger partial charge in [-0.1, -0.05) is 37.3 Å². The molecule has 0 saturated carbocycles. The number of nitrogens with zero attached hydrogens (tertiary/aromatic N) is 1. The van der Waals surface area contributed by atoms with Crippen LogP contribution in [0.1, 0.15) is 43.5 Å². The second kappa shape index (κ2) is 7.35. The Kier molecular flexibility index (Phi) is 5.72. The van der Waals surface area contributed by atoms with Crippen molar-refractivity contribution < 1.29 is 13.2 Å². The Morgan fingerprint density at radius 1 is 1.36 bits per heavy atom. The van der Waals surface area contributed by atoms with Gasteiger partial charge in [-0.25, -0.2) is 0 Å². The SMILES string of the molecule is C[C@H]1CCCN(S(=O)(=O)N[C@@H](C)CC(=O)c2ccccc2)C1. The van der Waals surface area contributed by atoms with E-state index >= 15 is 0 Å². The summed E-state index contributed by atoms with van der Waals surface area (Å²) in [6.07, 6.45) is 2.11. The Bertz CT molecular complexity index is 601. The van der Waals surface area contributed by atoms with Gasteiger partial charge in [0, 0.05) is 31.1 Å². The van der Waals surface area contributed by atoms with Gasteiger partial charge in [0.15, 0.2) is 5.78 Å². The van der Waals surface area contributed by atoms with Gasteiger partial charge in [-0.3, -0.25) is 4.79 Å². The molecule has 1 aliphatic heterocycles. The van der Waals surface area contributed by atoms with Gasteiger partial charge in [-0.2, -0.15) is 17.4 Å². The molecule has 5 nitrogen and oxygen atoms in total. The highest BCUT2D eigenvalue weighted by Gasteiger charge is 2.28. The van der Waals surface area contributed by atoms with E-state index in [1.165, 1.54) is 4.31 Å². The standard InChI is InChI=1S/C16H24N2O3S/c1-13-7-6-10-18(12-13)22(20,21)17-14(2)11-16(19)15-8-4-3-5-9-15/h3-5,8-9,13-14,17H,6-7,10-12H2,1-2H3/t13-,14-/m0/s1. The van der Waals surface area contributed by atoms with Gasteiger partial charge in [-0.15, -0.1) is 0 Å². The number of piperidine rings is 1. The zero-order valence-electron chi connectivity index (χ0n) is 13.2. The van der Waals surface area contributed by atoms with E-state index in [2.05, 4.69) is 11.6 Å². The largest absolute Gasteiger partial charge is 0.294 e. The van der Waals surface area contributed by atoms with E-state index in [4.69, 9.17) is 0 Å². The van der Waals surface area contributed by atoms with Crippen LogP contribution in [0.2, 0.25) is 0 Å². The molecule has 1 heterocycles. The van der Waals surface area contributed by atoms with Gasteiger partial charge < -0.3 is 0 Å². The van der Waals surface area contributed by atoms with Crippen LogP contribution in [0.15, 0.2) is 30.3 Å². The Morgan fingerprint density at radius 2 is 2.05 bits per heavy atom. The van der Waals surface area contributed by atoms with Gasteiger partial charge in [-0.05, 0) is 25.7 Å². The van der Waals surface area contributed by atoms with Gasteiger partial charge in [0.25, 0.3) is 10.2 Å². The molecule has 1 N–H and O–H groups in total. The van der Waals surface area contributed by atoms with E-state index in [1.807, 2.05) is 6.07 Å². The first-order valence-corrected chi connectivity index (χ1v) is 9.18. The quantitative estimate of drug-likeness (QED) is 0.816. The molecule has 0 amide bonds. The number of Topliss-reactive ketones (excluding diaryl/α,β-unsaturated/α-hetero) is 1. The van der Waals surface area contributed by atoms with Crippen LogP contribution in [0.3, 0.4) is 0 Å². The number of benzene rings is 1. The summed E-state index contributed by atoms with van der Waals surface area (Å²) in [5.41, 5.74) is 0.611.